The molecule has 11 heteroatoms. The maximum Gasteiger partial charge on any atom is 0.349 e. The zero-order valence-corrected chi connectivity index (χ0v) is 20.5. The maximum atomic E-state index is 12.7. The van der Waals surface area contributed by atoms with Crippen LogP contribution in [0, 0.1) is 0 Å². The Hall–Kier alpha value is -3.89. The van der Waals surface area contributed by atoms with Gasteiger partial charge in [-0.25, -0.2) is 9.59 Å². The van der Waals surface area contributed by atoms with Gasteiger partial charge in [-0.15, -0.1) is 4.68 Å². The molecule has 0 amide bonds. The fraction of sp³-hybridized carbons (Fsp3) is 0.0833. The number of carboxylic acids is 1. The zero-order valence-electron chi connectivity index (χ0n) is 18.1. The number of rotatable bonds is 7. The number of aromatic amines is 1. The number of benzene rings is 3. The van der Waals surface area contributed by atoms with Crippen molar-refractivity contribution in [2.45, 2.75) is 6.61 Å². The second kappa shape index (κ2) is 10.2. The molecule has 0 unspecified atom stereocenters. The molecule has 178 valence electrons. The van der Waals surface area contributed by atoms with E-state index in [0.717, 1.165) is 10.2 Å². The van der Waals surface area contributed by atoms with Crippen LogP contribution < -0.4 is 20.7 Å². The number of hydrogen-bond acceptors (Lipinski definition) is 6. The highest BCUT2D eigenvalue weighted by Gasteiger charge is 2.17. The van der Waals surface area contributed by atoms with Crippen LogP contribution in [0.1, 0.15) is 21.5 Å². The van der Waals surface area contributed by atoms with Crippen molar-refractivity contribution < 1.29 is 19.4 Å². The van der Waals surface area contributed by atoms with Crippen molar-refractivity contribution in [1.82, 2.24) is 9.66 Å². The topological polar surface area (TPSA) is 123 Å². The number of nitrogens with zero attached hydrogens (tertiary/aromatic N) is 2. The third-order valence-electron chi connectivity index (χ3n) is 5.06. The molecule has 1 aromatic heterocycles. The van der Waals surface area contributed by atoms with Gasteiger partial charge >= 0.3 is 11.7 Å². The first-order valence-corrected chi connectivity index (χ1v) is 11.3. The number of H-pyrrole nitrogens is 1. The van der Waals surface area contributed by atoms with E-state index in [1.54, 1.807) is 42.5 Å². The molecule has 0 aliphatic rings. The fourth-order valence-electron chi connectivity index (χ4n) is 3.26. The number of aromatic carboxylic acids is 1. The standard InChI is InChI=1S/C24H17BrClN3O6/c1-34-18-10-15(11-27-29-22(30)16-4-2-3-5-17(16)28-24(29)33)19(25)20(26)21(18)35-12-13-6-8-14(9-7-13)23(31)32/h2-11H,12H2,1H3,(H,28,33)(H,31,32). The largest absolute Gasteiger partial charge is 0.493 e. The van der Waals surface area contributed by atoms with Crippen LogP contribution in [0.15, 0.2) is 73.8 Å². The molecule has 0 atom stereocenters. The summed E-state index contributed by atoms with van der Waals surface area (Å²) in [4.78, 5) is 38.7. The number of para-hydroxylation sites is 1. The third kappa shape index (κ3) is 4.98. The van der Waals surface area contributed by atoms with Crippen molar-refractivity contribution in [3.8, 4) is 11.5 Å². The van der Waals surface area contributed by atoms with Crippen LogP contribution in [-0.2, 0) is 6.61 Å². The highest BCUT2D eigenvalue weighted by atomic mass is 79.9. The SMILES string of the molecule is COc1cc(C=Nn2c(=O)[nH]c3ccccc3c2=O)c(Br)c(Cl)c1OCc1ccc(C(=O)O)cc1. The summed E-state index contributed by atoms with van der Waals surface area (Å²) < 4.78 is 12.4. The summed E-state index contributed by atoms with van der Waals surface area (Å²) in [7, 11) is 1.44. The van der Waals surface area contributed by atoms with Gasteiger partial charge in [0.1, 0.15) is 11.6 Å². The minimum atomic E-state index is -1.02. The van der Waals surface area contributed by atoms with Gasteiger partial charge in [0.2, 0.25) is 0 Å². The maximum absolute atomic E-state index is 12.7. The fourth-order valence-corrected chi connectivity index (χ4v) is 3.92. The Morgan fingerprint density at radius 1 is 1.20 bits per heavy atom. The Morgan fingerprint density at radius 3 is 2.60 bits per heavy atom. The molecule has 0 bridgehead atoms. The number of aromatic nitrogens is 2. The number of carbonyl (C=O) groups is 1. The van der Waals surface area contributed by atoms with E-state index in [-0.39, 0.29) is 22.9 Å². The number of ether oxygens (including phenoxy) is 2. The lowest BCUT2D eigenvalue weighted by atomic mass is 10.1. The minimum Gasteiger partial charge on any atom is -0.493 e. The highest BCUT2D eigenvalue weighted by molar-refractivity contribution is 9.10. The van der Waals surface area contributed by atoms with Crippen molar-refractivity contribution in [2.24, 2.45) is 5.10 Å². The molecule has 2 N–H and O–H groups in total. The van der Waals surface area contributed by atoms with Gasteiger partial charge in [0.25, 0.3) is 5.56 Å². The van der Waals surface area contributed by atoms with Crippen LogP contribution in [0.4, 0.5) is 0 Å². The van der Waals surface area contributed by atoms with Gasteiger partial charge < -0.3 is 19.6 Å². The van der Waals surface area contributed by atoms with Crippen molar-refractivity contribution in [1.29, 1.82) is 0 Å². The molecule has 35 heavy (non-hydrogen) atoms. The number of nitrogens with one attached hydrogen (secondary N) is 1. The van der Waals surface area contributed by atoms with E-state index in [9.17, 15) is 14.4 Å². The second-order valence-electron chi connectivity index (χ2n) is 7.25. The highest BCUT2D eigenvalue weighted by Crippen LogP contribution is 2.42. The van der Waals surface area contributed by atoms with Crippen molar-refractivity contribution in [2.75, 3.05) is 7.11 Å². The van der Waals surface area contributed by atoms with Crippen LogP contribution in [0.25, 0.3) is 10.9 Å². The number of carboxylic acid groups (broad SMARTS) is 1. The average Bonchev–Trinajstić information content (AvgIpc) is 2.85. The summed E-state index contributed by atoms with van der Waals surface area (Å²) in [6.45, 7) is 0.109. The first-order valence-electron chi connectivity index (χ1n) is 10.1. The smallest absolute Gasteiger partial charge is 0.349 e. The molecular formula is C24H17BrClN3O6. The number of hydrogen-bond donors (Lipinski definition) is 2. The van der Waals surface area contributed by atoms with E-state index in [0.29, 0.717) is 26.7 Å². The predicted octanol–water partition coefficient (Wildman–Crippen LogP) is 4.27. The summed E-state index contributed by atoms with van der Waals surface area (Å²) in [5.41, 5.74) is 0.491. The van der Waals surface area contributed by atoms with Crippen molar-refractivity contribution >= 4 is 50.6 Å². The molecule has 0 spiro atoms. The third-order valence-corrected chi connectivity index (χ3v) is 6.50. The second-order valence-corrected chi connectivity index (χ2v) is 8.42. The first kappa shape index (κ1) is 24.2. The van der Waals surface area contributed by atoms with Gasteiger partial charge in [-0.1, -0.05) is 35.9 Å². The van der Waals surface area contributed by atoms with Crippen LogP contribution in [0.2, 0.25) is 5.02 Å². The minimum absolute atomic E-state index is 0.109. The first-order chi connectivity index (χ1) is 16.8. The summed E-state index contributed by atoms with van der Waals surface area (Å²) in [5, 5.41) is 13.6. The van der Waals surface area contributed by atoms with Crippen LogP contribution >= 0.6 is 27.5 Å². The van der Waals surface area contributed by atoms with E-state index < -0.39 is 17.2 Å². The van der Waals surface area contributed by atoms with Crippen LogP contribution in [0.3, 0.4) is 0 Å². The van der Waals surface area contributed by atoms with Gasteiger partial charge in [-0.05, 0) is 51.8 Å². The summed E-state index contributed by atoms with van der Waals surface area (Å²) in [5.74, 6) is -0.473. The van der Waals surface area contributed by atoms with Gasteiger partial charge in [0, 0.05) is 10.0 Å². The predicted molar refractivity (Wildman–Crippen MR) is 135 cm³/mol. The van der Waals surface area contributed by atoms with Gasteiger partial charge in [-0.3, -0.25) is 4.79 Å². The molecule has 0 aliphatic carbocycles. The number of fused-ring (bicyclic) bond motifs is 1. The molecule has 0 radical (unpaired) electrons. The molecule has 9 nitrogen and oxygen atoms in total. The van der Waals surface area contributed by atoms with Crippen LogP contribution in [0.5, 0.6) is 11.5 Å². The van der Waals surface area contributed by atoms with Gasteiger partial charge in [0.05, 0.1) is 29.8 Å². The summed E-state index contributed by atoms with van der Waals surface area (Å²) >= 11 is 9.91. The number of methoxy groups -OCH3 is 1. The molecule has 0 saturated heterocycles. The number of halogens is 2. The molecule has 4 aromatic rings. The summed E-state index contributed by atoms with van der Waals surface area (Å²) in [6.07, 6.45) is 1.30. The van der Waals surface area contributed by atoms with Gasteiger partial charge in [-0.2, -0.15) is 5.10 Å². The lowest BCUT2D eigenvalue weighted by Gasteiger charge is -2.15. The Balaban J connectivity index is 1.64. The lowest BCUT2D eigenvalue weighted by Crippen LogP contribution is -2.32. The lowest BCUT2D eigenvalue weighted by molar-refractivity contribution is 0.0697. The molecule has 0 aliphatic heterocycles. The molecule has 4 rings (SSSR count). The molecular weight excluding hydrogens is 542 g/mol. The Bertz CT molecular complexity index is 1580. The van der Waals surface area contributed by atoms with E-state index >= 15 is 0 Å². The average molecular weight is 559 g/mol. The summed E-state index contributed by atoms with van der Waals surface area (Å²) in [6, 6.07) is 14.4. The molecule has 3 aromatic carbocycles. The molecule has 0 saturated carbocycles. The van der Waals surface area contributed by atoms with E-state index in [1.807, 2.05) is 0 Å². The normalized spacial score (nSPS) is 11.2. The quantitative estimate of drug-likeness (QED) is 0.327. The van der Waals surface area contributed by atoms with Crippen molar-refractivity contribution in [3.05, 3.63) is 102 Å². The van der Waals surface area contributed by atoms with E-state index in [2.05, 4.69) is 26.0 Å². The van der Waals surface area contributed by atoms with Crippen LogP contribution in [-0.4, -0.2) is 34.1 Å². The Morgan fingerprint density at radius 2 is 1.91 bits per heavy atom. The molecule has 0 fully saturated rings. The van der Waals surface area contributed by atoms with E-state index in [1.165, 1.54) is 25.5 Å². The zero-order chi connectivity index (χ0) is 25.1. The van der Waals surface area contributed by atoms with Crippen molar-refractivity contribution in [3.63, 3.8) is 0 Å². The Kier molecular flexibility index (Phi) is 7.04. The van der Waals surface area contributed by atoms with E-state index in [4.69, 9.17) is 26.2 Å². The Labute approximate surface area is 211 Å². The van der Waals surface area contributed by atoms with Gasteiger partial charge in [0.15, 0.2) is 11.5 Å². The molecule has 1 heterocycles. The monoisotopic (exact) mass is 557 g/mol.